The lowest BCUT2D eigenvalue weighted by molar-refractivity contribution is -0.128. The third kappa shape index (κ3) is 7.69. The van der Waals surface area contributed by atoms with Crippen molar-refractivity contribution in [2.24, 2.45) is 0 Å². The molecule has 138 valence electrons. The molecule has 1 aromatic rings. The zero-order chi connectivity index (χ0) is 18.7. The number of unbranched alkanes of at least 4 members (excludes halogenated alkanes) is 3. The van der Waals surface area contributed by atoms with E-state index < -0.39 is 24.1 Å². The summed E-state index contributed by atoms with van der Waals surface area (Å²) in [6.07, 6.45) is 2.45. The van der Waals surface area contributed by atoms with Crippen molar-refractivity contribution < 1.29 is 28.6 Å². The smallest absolute Gasteiger partial charge is 0.413 e. The van der Waals surface area contributed by atoms with Gasteiger partial charge in [-0.1, -0.05) is 26.2 Å². The van der Waals surface area contributed by atoms with E-state index in [1.165, 1.54) is 19.8 Å². The topological polar surface area (TPSA) is 90.9 Å². The number of benzene rings is 1. The van der Waals surface area contributed by atoms with Crippen molar-refractivity contribution in [2.45, 2.75) is 45.6 Å². The van der Waals surface area contributed by atoms with Crippen LogP contribution in [0.4, 0.5) is 4.79 Å². The molecule has 1 aromatic carbocycles. The summed E-state index contributed by atoms with van der Waals surface area (Å²) in [5.41, 5.74) is 0.288. The number of imide groups is 1. The quantitative estimate of drug-likeness (QED) is 0.543. The van der Waals surface area contributed by atoms with Gasteiger partial charge in [0.1, 0.15) is 5.75 Å². The molecule has 0 aliphatic carbocycles. The lowest BCUT2D eigenvalue weighted by Gasteiger charge is -2.12. The number of esters is 1. The molecule has 1 atom stereocenters. The Kier molecular flexibility index (Phi) is 9.06. The minimum absolute atomic E-state index is 0.288. The van der Waals surface area contributed by atoms with Crippen LogP contribution >= 0.6 is 0 Å². The van der Waals surface area contributed by atoms with Crippen molar-refractivity contribution in [3.05, 3.63) is 29.8 Å². The van der Waals surface area contributed by atoms with Crippen molar-refractivity contribution in [3.63, 3.8) is 0 Å². The van der Waals surface area contributed by atoms with Crippen molar-refractivity contribution in [1.82, 2.24) is 5.32 Å². The van der Waals surface area contributed by atoms with Gasteiger partial charge in [0.25, 0.3) is 5.91 Å². The average Bonchev–Trinajstić information content (AvgIpc) is 2.61. The molecule has 0 saturated carbocycles. The summed E-state index contributed by atoms with van der Waals surface area (Å²) in [5, 5.41) is 1.94. The Morgan fingerprint density at radius 3 is 2.36 bits per heavy atom. The summed E-state index contributed by atoms with van der Waals surface area (Å²) in [5.74, 6) is -0.751. The van der Waals surface area contributed by atoms with Crippen LogP contribution in [0.3, 0.4) is 0 Å². The number of nitrogens with one attached hydrogen (secondary N) is 1. The molecule has 0 aliphatic rings. The normalized spacial score (nSPS) is 11.3. The first-order valence-electron chi connectivity index (χ1n) is 8.30. The van der Waals surface area contributed by atoms with Gasteiger partial charge in [0.15, 0.2) is 6.10 Å². The third-order valence-electron chi connectivity index (χ3n) is 3.42. The van der Waals surface area contributed by atoms with Crippen LogP contribution in [0.1, 0.15) is 49.9 Å². The molecule has 0 radical (unpaired) electrons. The molecule has 7 nitrogen and oxygen atoms in total. The average molecular weight is 351 g/mol. The first kappa shape index (κ1) is 20.5. The fourth-order valence-electron chi connectivity index (χ4n) is 1.94. The molecule has 7 heteroatoms. The maximum absolute atomic E-state index is 12.0. The second-order valence-electron chi connectivity index (χ2n) is 5.46. The second-order valence-corrected chi connectivity index (χ2v) is 5.46. The van der Waals surface area contributed by atoms with Crippen LogP contribution in [0.15, 0.2) is 24.3 Å². The van der Waals surface area contributed by atoms with Crippen molar-refractivity contribution in [2.75, 3.05) is 13.7 Å². The van der Waals surface area contributed by atoms with E-state index in [1.54, 1.807) is 24.3 Å². The van der Waals surface area contributed by atoms with Gasteiger partial charge in [-0.25, -0.2) is 9.59 Å². The molecule has 0 spiro atoms. The third-order valence-corrected chi connectivity index (χ3v) is 3.42. The monoisotopic (exact) mass is 351 g/mol. The molecular weight excluding hydrogens is 326 g/mol. The number of amides is 2. The maximum Gasteiger partial charge on any atom is 0.413 e. The van der Waals surface area contributed by atoms with E-state index in [1.807, 2.05) is 5.32 Å². The van der Waals surface area contributed by atoms with Crippen LogP contribution < -0.4 is 10.1 Å². The van der Waals surface area contributed by atoms with Gasteiger partial charge < -0.3 is 14.2 Å². The van der Waals surface area contributed by atoms with Crippen LogP contribution in [-0.4, -0.2) is 37.8 Å². The van der Waals surface area contributed by atoms with Gasteiger partial charge in [-0.2, -0.15) is 0 Å². The number of carbonyl (C=O) groups is 3. The molecule has 1 N–H and O–H groups in total. The summed E-state index contributed by atoms with van der Waals surface area (Å²) < 4.78 is 14.9. The molecule has 0 aliphatic heterocycles. The number of ether oxygens (including phenoxy) is 3. The number of methoxy groups -OCH3 is 1. The Labute approximate surface area is 147 Å². The molecule has 0 bridgehead atoms. The highest BCUT2D eigenvalue weighted by Crippen LogP contribution is 2.14. The second kappa shape index (κ2) is 11.1. The van der Waals surface area contributed by atoms with Gasteiger partial charge in [-0.3, -0.25) is 10.1 Å². The van der Waals surface area contributed by atoms with Crippen LogP contribution in [0.25, 0.3) is 0 Å². The van der Waals surface area contributed by atoms with Crippen LogP contribution in [0.2, 0.25) is 0 Å². The zero-order valence-electron chi connectivity index (χ0n) is 14.9. The summed E-state index contributed by atoms with van der Waals surface area (Å²) in [7, 11) is 1.13. The lowest BCUT2D eigenvalue weighted by Crippen LogP contribution is -2.39. The highest BCUT2D eigenvalue weighted by atomic mass is 16.6. The van der Waals surface area contributed by atoms with Crippen LogP contribution in [0.5, 0.6) is 5.75 Å². The molecule has 0 aromatic heterocycles. The summed E-state index contributed by atoms with van der Waals surface area (Å²) >= 11 is 0. The minimum atomic E-state index is -1.12. The van der Waals surface area contributed by atoms with E-state index in [-0.39, 0.29) is 5.56 Å². The molecule has 0 unspecified atom stereocenters. The highest BCUT2D eigenvalue weighted by molar-refractivity contribution is 5.97. The van der Waals surface area contributed by atoms with Gasteiger partial charge in [0.05, 0.1) is 19.3 Å². The number of rotatable bonds is 9. The SMILES string of the molecule is CCCCCCOc1ccc(C(=O)O[C@H](C)C(=O)NC(=O)OC)cc1. The van der Waals surface area contributed by atoms with Gasteiger partial charge in [-0.15, -0.1) is 0 Å². The van der Waals surface area contributed by atoms with E-state index in [0.717, 1.165) is 20.0 Å². The number of alkyl carbamates (subject to hydrolysis) is 1. The van der Waals surface area contributed by atoms with Gasteiger partial charge in [0, 0.05) is 0 Å². The Balaban J connectivity index is 2.45. The van der Waals surface area contributed by atoms with E-state index in [9.17, 15) is 14.4 Å². The summed E-state index contributed by atoms with van der Waals surface area (Å²) in [4.78, 5) is 34.6. The summed E-state index contributed by atoms with van der Waals surface area (Å²) in [6.45, 7) is 4.15. The molecule has 2 amide bonds. The minimum Gasteiger partial charge on any atom is -0.494 e. The Bertz CT molecular complexity index is 569. The van der Waals surface area contributed by atoms with Crippen molar-refractivity contribution >= 4 is 18.0 Å². The molecule has 1 rings (SSSR count). The molecule has 0 saturated heterocycles. The number of carbonyl (C=O) groups excluding carboxylic acids is 3. The van der Waals surface area contributed by atoms with Crippen molar-refractivity contribution in [3.8, 4) is 5.75 Å². The molecule has 0 fully saturated rings. The van der Waals surface area contributed by atoms with E-state index in [2.05, 4.69) is 11.7 Å². The highest BCUT2D eigenvalue weighted by Gasteiger charge is 2.21. The van der Waals surface area contributed by atoms with Crippen molar-refractivity contribution in [1.29, 1.82) is 0 Å². The number of hydrogen-bond acceptors (Lipinski definition) is 6. The van der Waals surface area contributed by atoms with Gasteiger partial charge in [-0.05, 0) is 37.6 Å². The van der Waals surface area contributed by atoms with E-state index in [0.29, 0.717) is 12.4 Å². The standard InChI is InChI=1S/C18H25NO6/c1-4-5-6-7-12-24-15-10-8-14(9-11-15)17(21)25-13(2)16(20)19-18(22)23-3/h8-11,13H,4-7,12H2,1-3H3,(H,19,20,22)/t13-/m1/s1. The number of hydrogen-bond donors (Lipinski definition) is 1. The summed E-state index contributed by atoms with van der Waals surface area (Å²) in [6, 6.07) is 6.48. The van der Waals surface area contributed by atoms with Crippen LogP contribution in [-0.2, 0) is 14.3 Å². The first-order valence-corrected chi connectivity index (χ1v) is 8.30. The Morgan fingerprint density at radius 1 is 1.08 bits per heavy atom. The van der Waals surface area contributed by atoms with E-state index in [4.69, 9.17) is 9.47 Å². The first-order chi connectivity index (χ1) is 12.0. The fourth-order valence-corrected chi connectivity index (χ4v) is 1.94. The lowest BCUT2D eigenvalue weighted by atomic mass is 10.2. The zero-order valence-corrected chi connectivity index (χ0v) is 14.9. The largest absolute Gasteiger partial charge is 0.494 e. The fraction of sp³-hybridized carbons (Fsp3) is 0.500. The molecule has 0 heterocycles. The Hall–Kier alpha value is -2.57. The molecule has 25 heavy (non-hydrogen) atoms. The maximum atomic E-state index is 12.0. The predicted octanol–water partition coefficient (Wildman–Crippen LogP) is 3.07. The van der Waals surface area contributed by atoms with Crippen LogP contribution in [0, 0.1) is 0 Å². The van der Waals surface area contributed by atoms with E-state index >= 15 is 0 Å². The van der Waals surface area contributed by atoms with Gasteiger partial charge >= 0.3 is 12.1 Å². The predicted molar refractivity (Wildman–Crippen MR) is 91.5 cm³/mol. The van der Waals surface area contributed by atoms with Gasteiger partial charge in [0.2, 0.25) is 0 Å². The molecular formula is C18H25NO6. The Morgan fingerprint density at radius 2 is 1.76 bits per heavy atom.